The van der Waals surface area contributed by atoms with E-state index in [4.69, 9.17) is 0 Å². The van der Waals surface area contributed by atoms with Crippen LogP contribution in [0.3, 0.4) is 0 Å². The van der Waals surface area contributed by atoms with E-state index >= 15 is 0 Å². The second-order valence-electron chi connectivity index (χ2n) is 5.88. The van der Waals surface area contributed by atoms with Gasteiger partial charge >= 0.3 is 0 Å². The van der Waals surface area contributed by atoms with Gasteiger partial charge in [-0.1, -0.05) is 18.2 Å². The van der Waals surface area contributed by atoms with Crippen molar-refractivity contribution in [3.8, 4) is 0 Å². The summed E-state index contributed by atoms with van der Waals surface area (Å²) in [6.07, 6.45) is 0. The van der Waals surface area contributed by atoms with Crippen LogP contribution in [0.25, 0.3) is 0 Å². The number of sulfone groups is 1. The van der Waals surface area contributed by atoms with Crippen LogP contribution in [-0.2, 0) is 21.2 Å². The number of carbonyl (C=O) groups is 1. The lowest BCUT2D eigenvalue weighted by atomic mass is 10.1. The van der Waals surface area contributed by atoms with Crippen LogP contribution in [0.4, 0.5) is 4.39 Å². The Morgan fingerprint density at radius 1 is 1.04 bits per heavy atom. The normalized spacial score (nSPS) is 11.3. The van der Waals surface area contributed by atoms with Crippen LogP contribution in [0.15, 0.2) is 47.4 Å². The number of carbonyl (C=O) groups excluding carboxylic acids is 1. The van der Waals surface area contributed by atoms with Crippen molar-refractivity contribution in [1.82, 2.24) is 4.90 Å². The Labute approximate surface area is 141 Å². The van der Waals surface area contributed by atoms with Gasteiger partial charge in [-0.3, -0.25) is 4.79 Å². The maximum atomic E-state index is 12.9. The molecule has 1 amide bonds. The molecule has 6 heteroatoms. The molecule has 0 saturated heterocycles. The molecule has 128 valence electrons. The summed E-state index contributed by atoms with van der Waals surface area (Å²) < 4.78 is 37.7. The smallest absolute Gasteiger partial charge is 0.238 e. The van der Waals surface area contributed by atoms with Crippen LogP contribution in [0.1, 0.15) is 16.7 Å². The summed E-state index contributed by atoms with van der Waals surface area (Å²) in [5, 5.41) is 0. The van der Waals surface area contributed by atoms with Crippen LogP contribution in [0.2, 0.25) is 0 Å². The number of nitrogens with zero attached hydrogens (tertiary/aromatic N) is 1. The largest absolute Gasteiger partial charge is 0.341 e. The average molecular weight is 349 g/mol. The van der Waals surface area contributed by atoms with Gasteiger partial charge < -0.3 is 4.90 Å². The van der Waals surface area contributed by atoms with Gasteiger partial charge in [-0.25, -0.2) is 12.8 Å². The quantitative estimate of drug-likeness (QED) is 0.834. The number of benzene rings is 2. The molecule has 2 aromatic carbocycles. The molecule has 0 aliphatic rings. The maximum absolute atomic E-state index is 12.9. The van der Waals surface area contributed by atoms with Gasteiger partial charge in [0.15, 0.2) is 9.84 Å². The summed E-state index contributed by atoms with van der Waals surface area (Å²) in [5.41, 5.74) is 2.59. The number of halogens is 1. The Bertz CT molecular complexity index is 845. The number of rotatable bonds is 5. The van der Waals surface area contributed by atoms with E-state index in [1.165, 1.54) is 30.1 Å². The summed E-state index contributed by atoms with van der Waals surface area (Å²) in [6.45, 7) is 3.95. The summed E-state index contributed by atoms with van der Waals surface area (Å²) in [5.74, 6) is -1.45. The maximum Gasteiger partial charge on any atom is 0.238 e. The molecule has 0 N–H and O–H groups in total. The molecule has 0 saturated carbocycles. The number of amides is 1. The van der Waals surface area contributed by atoms with Crippen molar-refractivity contribution in [2.24, 2.45) is 0 Å². The molecule has 0 aliphatic heterocycles. The molecule has 4 nitrogen and oxygen atoms in total. The minimum absolute atomic E-state index is 0.147. The topological polar surface area (TPSA) is 54.5 Å². The third kappa shape index (κ3) is 4.41. The van der Waals surface area contributed by atoms with Crippen molar-refractivity contribution in [1.29, 1.82) is 0 Å². The van der Waals surface area contributed by atoms with E-state index in [-0.39, 0.29) is 17.3 Å². The van der Waals surface area contributed by atoms with Crippen LogP contribution in [0.5, 0.6) is 0 Å². The van der Waals surface area contributed by atoms with Gasteiger partial charge in [0.2, 0.25) is 5.91 Å². The van der Waals surface area contributed by atoms with Crippen LogP contribution in [-0.4, -0.2) is 32.0 Å². The molecular weight excluding hydrogens is 329 g/mol. The minimum atomic E-state index is -3.69. The fourth-order valence-corrected chi connectivity index (χ4v) is 3.56. The van der Waals surface area contributed by atoms with Crippen molar-refractivity contribution in [3.05, 3.63) is 65.0 Å². The van der Waals surface area contributed by atoms with Crippen molar-refractivity contribution < 1.29 is 17.6 Å². The molecular formula is C18H20FNO3S. The summed E-state index contributed by atoms with van der Waals surface area (Å²) in [6, 6.07) is 10.6. The van der Waals surface area contributed by atoms with Gasteiger partial charge in [0.05, 0.1) is 4.90 Å². The van der Waals surface area contributed by atoms with Gasteiger partial charge in [0, 0.05) is 13.6 Å². The lowest BCUT2D eigenvalue weighted by Crippen LogP contribution is -2.32. The summed E-state index contributed by atoms with van der Waals surface area (Å²) in [7, 11) is -2.16. The van der Waals surface area contributed by atoms with E-state index in [0.29, 0.717) is 0 Å². The molecule has 0 aliphatic carbocycles. The van der Waals surface area contributed by atoms with E-state index in [1.807, 2.05) is 13.8 Å². The number of aryl methyl sites for hydroxylation is 2. The zero-order valence-corrected chi connectivity index (χ0v) is 14.7. The Balaban J connectivity index is 2.09. The highest BCUT2D eigenvalue weighted by atomic mass is 32.2. The van der Waals surface area contributed by atoms with Gasteiger partial charge in [0.1, 0.15) is 11.6 Å². The molecule has 0 fully saturated rings. The Morgan fingerprint density at radius 2 is 1.67 bits per heavy atom. The van der Waals surface area contributed by atoms with Crippen LogP contribution in [0, 0.1) is 19.7 Å². The molecule has 0 atom stereocenters. The molecule has 0 heterocycles. The SMILES string of the molecule is Cc1ccc(S(=O)(=O)CC(=O)N(C)Cc2ccc(F)cc2)cc1C. The average Bonchev–Trinajstić information content (AvgIpc) is 2.51. The predicted octanol–water partition coefficient (Wildman–Crippen LogP) is 2.87. The first kappa shape index (κ1) is 18.1. The number of hydrogen-bond donors (Lipinski definition) is 0. The minimum Gasteiger partial charge on any atom is -0.341 e. The standard InChI is InChI=1S/C18H20FNO3S/c1-13-4-9-17(10-14(13)2)24(22,23)12-18(21)20(3)11-15-5-7-16(19)8-6-15/h4-10H,11-12H2,1-3H3. The zero-order chi connectivity index (χ0) is 17.9. The lowest BCUT2D eigenvalue weighted by Gasteiger charge is -2.17. The highest BCUT2D eigenvalue weighted by Crippen LogP contribution is 2.17. The zero-order valence-electron chi connectivity index (χ0n) is 13.9. The molecule has 2 aromatic rings. The Hall–Kier alpha value is -2.21. The third-order valence-electron chi connectivity index (χ3n) is 3.91. The fourth-order valence-electron chi connectivity index (χ4n) is 2.22. The van der Waals surface area contributed by atoms with Crippen LogP contribution < -0.4 is 0 Å². The third-order valence-corrected chi connectivity index (χ3v) is 5.51. The van der Waals surface area contributed by atoms with Gasteiger partial charge in [-0.2, -0.15) is 0 Å². The highest BCUT2D eigenvalue weighted by Gasteiger charge is 2.22. The predicted molar refractivity (Wildman–Crippen MR) is 90.8 cm³/mol. The fraction of sp³-hybridized carbons (Fsp3) is 0.278. The molecule has 0 unspecified atom stereocenters. The first-order valence-corrected chi connectivity index (χ1v) is 9.13. The van der Waals surface area contributed by atoms with E-state index in [9.17, 15) is 17.6 Å². The van der Waals surface area contributed by atoms with E-state index in [0.717, 1.165) is 16.7 Å². The molecule has 24 heavy (non-hydrogen) atoms. The molecule has 0 radical (unpaired) electrons. The van der Waals surface area contributed by atoms with Crippen molar-refractivity contribution in [2.75, 3.05) is 12.8 Å². The summed E-state index contributed by atoms with van der Waals surface area (Å²) >= 11 is 0. The molecule has 0 bridgehead atoms. The molecule has 2 rings (SSSR count). The van der Waals surface area contributed by atoms with Crippen molar-refractivity contribution >= 4 is 15.7 Å². The van der Waals surface area contributed by atoms with E-state index in [1.54, 1.807) is 24.3 Å². The Kier molecular flexibility index (Phi) is 5.39. The van der Waals surface area contributed by atoms with Gasteiger partial charge in [0.25, 0.3) is 0 Å². The second kappa shape index (κ2) is 7.13. The first-order chi connectivity index (χ1) is 11.2. The number of hydrogen-bond acceptors (Lipinski definition) is 3. The second-order valence-corrected chi connectivity index (χ2v) is 7.87. The van der Waals surface area contributed by atoms with Gasteiger partial charge in [-0.15, -0.1) is 0 Å². The monoisotopic (exact) mass is 349 g/mol. The van der Waals surface area contributed by atoms with E-state index < -0.39 is 21.5 Å². The first-order valence-electron chi connectivity index (χ1n) is 7.47. The van der Waals surface area contributed by atoms with Crippen molar-refractivity contribution in [3.63, 3.8) is 0 Å². The lowest BCUT2D eigenvalue weighted by molar-refractivity contribution is -0.127. The Morgan fingerprint density at radius 3 is 2.25 bits per heavy atom. The van der Waals surface area contributed by atoms with Crippen molar-refractivity contribution in [2.45, 2.75) is 25.3 Å². The summed E-state index contributed by atoms with van der Waals surface area (Å²) in [4.78, 5) is 13.7. The molecule has 0 aromatic heterocycles. The van der Waals surface area contributed by atoms with Gasteiger partial charge in [-0.05, 0) is 54.8 Å². The van der Waals surface area contributed by atoms with E-state index in [2.05, 4.69) is 0 Å². The highest BCUT2D eigenvalue weighted by molar-refractivity contribution is 7.92. The van der Waals surface area contributed by atoms with Crippen LogP contribution >= 0.6 is 0 Å². The molecule has 0 spiro atoms.